The van der Waals surface area contributed by atoms with Gasteiger partial charge in [-0.05, 0) is 37.3 Å². The van der Waals surface area contributed by atoms with E-state index in [-0.39, 0.29) is 17.3 Å². The first-order valence-electron chi connectivity index (χ1n) is 8.93. The highest BCUT2D eigenvalue weighted by atomic mass is 16.6. The number of nitrogens with zero attached hydrogens (tertiary/aromatic N) is 2. The Morgan fingerprint density at radius 3 is 2.81 bits per heavy atom. The smallest absolute Gasteiger partial charge is 0.323 e. The van der Waals surface area contributed by atoms with Gasteiger partial charge in [-0.3, -0.25) is 24.6 Å². The summed E-state index contributed by atoms with van der Waals surface area (Å²) in [6.07, 6.45) is 3.23. The summed E-state index contributed by atoms with van der Waals surface area (Å²) in [6.45, 7) is 3.15. The molecule has 0 radical (unpaired) electrons. The standard InChI is InChI=1S/C18H22N4O5/c1-11-6-7-13(14(9-11)22(26)27)19-15(23)10-21-16(24)18(20-17(21)25)8-4-3-5-12(18)2/h6-7,9,12H,3-5,8,10H2,1-2H3,(H,19,23)(H,20,25)/t12-,18+/m1/s1. The van der Waals surface area contributed by atoms with Crippen molar-refractivity contribution in [2.75, 3.05) is 11.9 Å². The number of rotatable bonds is 4. The quantitative estimate of drug-likeness (QED) is 0.476. The first-order valence-corrected chi connectivity index (χ1v) is 8.93. The van der Waals surface area contributed by atoms with Gasteiger partial charge in [0.1, 0.15) is 17.8 Å². The topological polar surface area (TPSA) is 122 Å². The van der Waals surface area contributed by atoms with Crippen LogP contribution in [0.25, 0.3) is 0 Å². The second-order valence-corrected chi connectivity index (χ2v) is 7.27. The lowest BCUT2D eigenvalue weighted by Gasteiger charge is -2.36. The van der Waals surface area contributed by atoms with Gasteiger partial charge in [0.15, 0.2) is 0 Å². The molecular weight excluding hydrogens is 352 g/mol. The predicted molar refractivity (Wildman–Crippen MR) is 97.1 cm³/mol. The summed E-state index contributed by atoms with van der Waals surface area (Å²) in [5.41, 5.74) is -0.464. The molecule has 4 amide bonds. The molecule has 1 saturated heterocycles. The highest BCUT2D eigenvalue weighted by Gasteiger charge is 2.55. The van der Waals surface area contributed by atoms with Gasteiger partial charge < -0.3 is 10.6 Å². The molecule has 2 atom stereocenters. The Morgan fingerprint density at radius 1 is 1.41 bits per heavy atom. The number of imide groups is 1. The number of hydrogen-bond donors (Lipinski definition) is 2. The number of nitro groups is 1. The fraction of sp³-hybridized carbons (Fsp3) is 0.500. The van der Waals surface area contributed by atoms with Crippen molar-refractivity contribution in [3.63, 3.8) is 0 Å². The molecule has 1 spiro atoms. The van der Waals surface area contributed by atoms with E-state index < -0.39 is 34.9 Å². The predicted octanol–water partition coefficient (Wildman–Crippen LogP) is 2.34. The van der Waals surface area contributed by atoms with Crippen LogP contribution in [0.4, 0.5) is 16.2 Å². The van der Waals surface area contributed by atoms with E-state index in [1.165, 1.54) is 12.1 Å². The van der Waals surface area contributed by atoms with Crippen LogP contribution in [-0.4, -0.2) is 39.8 Å². The zero-order valence-corrected chi connectivity index (χ0v) is 15.3. The minimum absolute atomic E-state index is 0.00560. The monoisotopic (exact) mass is 374 g/mol. The second-order valence-electron chi connectivity index (χ2n) is 7.27. The van der Waals surface area contributed by atoms with Gasteiger partial charge in [0.2, 0.25) is 5.91 Å². The number of nitrogens with one attached hydrogen (secondary N) is 2. The summed E-state index contributed by atoms with van der Waals surface area (Å²) in [5, 5.41) is 16.4. The van der Waals surface area contributed by atoms with E-state index in [1.54, 1.807) is 13.0 Å². The lowest BCUT2D eigenvalue weighted by Crippen LogP contribution is -2.54. The fourth-order valence-electron chi connectivity index (χ4n) is 3.87. The molecule has 1 aromatic rings. The lowest BCUT2D eigenvalue weighted by atomic mass is 9.73. The molecule has 0 bridgehead atoms. The van der Waals surface area contributed by atoms with Crippen molar-refractivity contribution in [3.05, 3.63) is 33.9 Å². The van der Waals surface area contributed by atoms with Crippen LogP contribution >= 0.6 is 0 Å². The summed E-state index contributed by atoms with van der Waals surface area (Å²) in [6, 6.07) is 3.82. The summed E-state index contributed by atoms with van der Waals surface area (Å²) >= 11 is 0. The Morgan fingerprint density at radius 2 is 2.15 bits per heavy atom. The molecule has 0 aromatic heterocycles. The van der Waals surface area contributed by atoms with Crippen molar-refractivity contribution in [2.45, 2.75) is 45.1 Å². The molecule has 2 fully saturated rings. The number of carbonyl (C=O) groups is 3. The largest absolute Gasteiger partial charge is 0.325 e. The van der Waals surface area contributed by atoms with Crippen molar-refractivity contribution in [1.29, 1.82) is 0 Å². The Hall–Kier alpha value is -2.97. The normalized spacial score (nSPS) is 24.8. The van der Waals surface area contributed by atoms with E-state index in [4.69, 9.17) is 0 Å². The Balaban J connectivity index is 1.74. The van der Waals surface area contributed by atoms with Crippen molar-refractivity contribution in [1.82, 2.24) is 10.2 Å². The molecular formula is C18H22N4O5. The summed E-state index contributed by atoms with van der Waals surface area (Å²) < 4.78 is 0. The van der Waals surface area contributed by atoms with E-state index in [1.807, 2.05) is 6.92 Å². The van der Waals surface area contributed by atoms with Gasteiger partial charge in [0, 0.05) is 6.07 Å². The third kappa shape index (κ3) is 3.36. The zero-order chi connectivity index (χ0) is 19.8. The first-order chi connectivity index (χ1) is 12.7. The Labute approximate surface area is 156 Å². The number of urea groups is 1. The molecule has 1 aromatic carbocycles. The van der Waals surface area contributed by atoms with Crippen LogP contribution in [0.15, 0.2) is 18.2 Å². The van der Waals surface area contributed by atoms with Crippen LogP contribution in [0.2, 0.25) is 0 Å². The molecule has 1 aliphatic heterocycles. The van der Waals surface area contributed by atoms with E-state index in [0.29, 0.717) is 12.0 Å². The third-order valence-electron chi connectivity index (χ3n) is 5.43. The number of benzene rings is 1. The van der Waals surface area contributed by atoms with Crippen LogP contribution in [0.3, 0.4) is 0 Å². The minimum Gasteiger partial charge on any atom is -0.323 e. The Bertz CT molecular complexity index is 824. The van der Waals surface area contributed by atoms with Gasteiger partial charge in [0.25, 0.3) is 11.6 Å². The van der Waals surface area contributed by atoms with E-state index in [0.717, 1.165) is 24.2 Å². The number of nitro benzene ring substituents is 1. The number of amides is 4. The molecule has 3 rings (SSSR count). The van der Waals surface area contributed by atoms with Crippen LogP contribution in [0, 0.1) is 23.0 Å². The van der Waals surface area contributed by atoms with Crippen molar-refractivity contribution in [2.24, 2.45) is 5.92 Å². The van der Waals surface area contributed by atoms with Gasteiger partial charge in [-0.25, -0.2) is 4.79 Å². The molecule has 27 heavy (non-hydrogen) atoms. The summed E-state index contributed by atoms with van der Waals surface area (Å²) in [7, 11) is 0. The summed E-state index contributed by atoms with van der Waals surface area (Å²) in [4.78, 5) is 49.0. The molecule has 2 N–H and O–H groups in total. The van der Waals surface area contributed by atoms with Crippen molar-refractivity contribution >= 4 is 29.2 Å². The van der Waals surface area contributed by atoms with Crippen molar-refractivity contribution < 1.29 is 19.3 Å². The van der Waals surface area contributed by atoms with Gasteiger partial charge in [0.05, 0.1) is 4.92 Å². The van der Waals surface area contributed by atoms with Crippen LogP contribution < -0.4 is 10.6 Å². The molecule has 144 valence electrons. The van der Waals surface area contributed by atoms with Crippen LogP contribution in [0.1, 0.15) is 38.2 Å². The minimum atomic E-state index is -0.939. The van der Waals surface area contributed by atoms with Gasteiger partial charge >= 0.3 is 6.03 Å². The maximum absolute atomic E-state index is 12.9. The molecule has 9 heteroatoms. The van der Waals surface area contributed by atoms with E-state index in [9.17, 15) is 24.5 Å². The number of aryl methyl sites for hydroxylation is 1. The third-order valence-corrected chi connectivity index (χ3v) is 5.43. The highest BCUT2D eigenvalue weighted by Crippen LogP contribution is 2.38. The van der Waals surface area contributed by atoms with Crippen LogP contribution in [-0.2, 0) is 9.59 Å². The average molecular weight is 374 g/mol. The second kappa shape index (κ2) is 6.98. The SMILES string of the molecule is Cc1ccc(NC(=O)CN2C(=O)N[C@]3(CCCC[C@H]3C)C2=O)c([N+](=O)[O-])c1. The van der Waals surface area contributed by atoms with Crippen molar-refractivity contribution in [3.8, 4) is 0 Å². The highest BCUT2D eigenvalue weighted by molar-refractivity contribution is 6.10. The molecule has 1 heterocycles. The Kier molecular flexibility index (Phi) is 4.86. The van der Waals surface area contributed by atoms with Gasteiger partial charge in [-0.1, -0.05) is 25.8 Å². The van der Waals surface area contributed by atoms with Gasteiger partial charge in [-0.2, -0.15) is 0 Å². The van der Waals surface area contributed by atoms with Crippen LogP contribution in [0.5, 0.6) is 0 Å². The van der Waals surface area contributed by atoms with E-state index in [2.05, 4.69) is 10.6 Å². The molecule has 9 nitrogen and oxygen atoms in total. The lowest BCUT2D eigenvalue weighted by molar-refractivity contribution is -0.384. The first kappa shape index (κ1) is 18.8. The number of carbonyl (C=O) groups excluding carboxylic acids is 3. The van der Waals surface area contributed by atoms with Gasteiger partial charge in [-0.15, -0.1) is 0 Å². The molecule has 2 aliphatic rings. The zero-order valence-electron chi connectivity index (χ0n) is 15.3. The number of anilines is 1. The molecule has 0 unspecified atom stereocenters. The van der Waals surface area contributed by atoms with E-state index >= 15 is 0 Å². The summed E-state index contributed by atoms with van der Waals surface area (Å²) in [5.74, 6) is -1.06. The fourth-order valence-corrected chi connectivity index (χ4v) is 3.87. The molecule has 1 saturated carbocycles. The maximum Gasteiger partial charge on any atom is 0.325 e. The maximum atomic E-state index is 12.9. The molecule has 1 aliphatic carbocycles. The number of hydrogen-bond acceptors (Lipinski definition) is 5. The average Bonchev–Trinajstić information content (AvgIpc) is 2.84.